The molecule has 2 N–H and O–H groups in total. The van der Waals surface area contributed by atoms with Crippen molar-refractivity contribution in [3.05, 3.63) is 124 Å². The predicted molar refractivity (Wildman–Crippen MR) is 155 cm³/mol. The highest BCUT2D eigenvalue weighted by Crippen LogP contribution is 2.39. The normalized spacial score (nSPS) is 17.9. The van der Waals surface area contributed by atoms with Gasteiger partial charge in [-0.15, -0.1) is 0 Å². The number of anilines is 2. The number of halogens is 1. The molecule has 0 spiro atoms. The Bertz CT molecular complexity index is 1760. The van der Waals surface area contributed by atoms with Crippen LogP contribution in [-0.2, 0) is 23.1 Å². The standard InChI is InChI=1S/C31H29FN4O4S/c32-25-10-12-26(13-11-25)41(39,40)34-27-16-23(31(38)33-17-21-5-2-1-3-6-21)9-14-29(27)35-18-22-15-24(20-35)28-7-4-8-30(37)36(28)19-22/h1-14,16,22,24,34H,15,17-20H2,(H,33,38)/t22-,24+/m1/s1. The van der Waals surface area contributed by atoms with E-state index in [-0.39, 0.29) is 33.9 Å². The van der Waals surface area contributed by atoms with Gasteiger partial charge in [0.2, 0.25) is 0 Å². The molecule has 1 saturated heterocycles. The summed E-state index contributed by atoms with van der Waals surface area (Å²) >= 11 is 0. The zero-order valence-electron chi connectivity index (χ0n) is 22.2. The second-order valence-corrected chi connectivity index (χ2v) is 12.2. The van der Waals surface area contributed by atoms with Crippen LogP contribution in [0.2, 0.25) is 0 Å². The fourth-order valence-electron chi connectivity index (χ4n) is 5.83. The molecule has 0 saturated carbocycles. The van der Waals surface area contributed by atoms with Gasteiger partial charge in [0, 0.05) is 49.4 Å². The van der Waals surface area contributed by atoms with Crippen molar-refractivity contribution in [2.24, 2.45) is 5.92 Å². The molecular formula is C31H29FN4O4S. The van der Waals surface area contributed by atoms with Crippen molar-refractivity contribution in [3.63, 3.8) is 0 Å². The van der Waals surface area contributed by atoms with Crippen LogP contribution in [0.4, 0.5) is 15.8 Å². The molecule has 3 heterocycles. The van der Waals surface area contributed by atoms with Gasteiger partial charge in [0.1, 0.15) is 5.82 Å². The van der Waals surface area contributed by atoms with Crippen LogP contribution < -0.4 is 20.5 Å². The van der Waals surface area contributed by atoms with E-state index < -0.39 is 15.8 Å². The largest absolute Gasteiger partial charge is 0.369 e. The number of pyridine rings is 1. The number of benzene rings is 3. The van der Waals surface area contributed by atoms with Gasteiger partial charge in [0.25, 0.3) is 21.5 Å². The second kappa shape index (κ2) is 10.9. The second-order valence-electron chi connectivity index (χ2n) is 10.6. The molecule has 2 aliphatic rings. The lowest BCUT2D eigenvalue weighted by Crippen LogP contribution is -2.47. The van der Waals surface area contributed by atoms with Crippen LogP contribution in [0.1, 0.15) is 34.0 Å². The van der Waals surface area contributed by atoms with Crippen LogP contribution in [0.15, 0.2) is 101 Å². The zero-order valence-corrected chi connectivity index (χ0v) is 23.0. The Hall–Kier alpha value is -4.44. The highest BCUT2D eigenvalue weighted by Gasteiger charge is 2.35. The van der Waals surface area contributed by atoms with E-state index in [1.54, 1.807) is 30.3 Å². The molecule has 2 atom stereocenters. The minimum Gasteiger partial charge on any atom is -0.369 e. The molecule has 6 rings (SSSR count). The Morgan fingerprint density at radius 2 is 1.68 bits per heavy atom. The van der Waals surface area contributed by atoms with E-state index in [0.717, 1.165) is 29.8 Å². The predicted octanol–water partition coefficient (Wildman–Crippen LogP) is 4.34. The maximum Gasteiger partial charge on any atom is 0.261 e. The van der Waals surface area contributed by atoms with Gasteiger partial charge in [0.15, 0.2) is 0 Å². The highest BCUT2D eigenvalue weighted by molar-refractivity contribution is 7.92. The Kier molecular flexibility index (Phi) is 7.08. The Balaban J connectivity index is 1.33. The summed E-state index contributed by atoms with van der Waals surface area (Å²) in [5.41, 5.74) is 3.10. The van der Waals surface area contributed by atoms with Crippen molar-refractivity contribution in [1.29, 1.82) is 0 Å². The van der Waals surface area contributed by atoms with Crippen LogP contribution in [0.25, 0.3) is 0 Å². The number of hydrogen-bond donors (Lipinski definition) is 2. The van der Waals surface area contributed by atoms with Crippen molar-refractivity contribution in [1.82, 2.24) is 9.88 Å². The van der Waals surface area contributed by atoms with E-state index in [1.807, 2.05) is 41.0 Å². The maximum atomic E-state index is 13.5. The van der Waals surface area contributed by atoms with Crippen molar-refractivity contribution in [2.45, 2.75) is 30.3 Å². The third-order valence-electron chi connectivity index (χ3n) is 7.74. The maximum absolute atomic E-state index is 13.5. The number of hydrogen-bond acceptors (Lipinski definition) is 5. The van der Waals surface area contributed by atoms with Crippen molar-refractivity contribution in [2.75, 3.05) is 22.7 Å². The fraction of sp³-hybridized carbons (Fsp3) is 0.226. The van der Waals surface area contributed by atoms with Gasteiger partial charge >= 0.3 is 0 Å². The first-order valence-corrected chi connectivity index (χ1v) is 14.9. The van der Waals surface area contributed by atoms with Crippen LogP contribution in [0.5, 0.6) is 0 Å². The number of piperidine rings is 1. The molecular weight excluding hydrogens is 543 g/mol. The molecule has 1 aromatic heterocycles. The van der Waals surface area contributed by atoms with Crippen LogP contribution in [0.3, 0.4) is 0 Å². The summed E-state index contributed by atoms with van der Waals surface area (Å²) in [5.74, 6) is -0.573. The lowest BCUT2D eigenvalue weighted by atomic mass is 9.83. The third kappa shape index (κ3) is 5.60. The zero-order chi connectivity index (χ0) is 28.6. The first-order valence-electron chi connectivity index (χ1n) is 13.5. The topological polar surface area (TPSA) is 101 Å². The molecule has 10 heteroatoms. The average Bonchev–Trinajstić information content (AvgIpc) is 2.97. The molecule has 2 aliphatic heterocycles. The number of nitrogens with zero attached hydrogens (tertiary/aromatic N) is 2. The molecule has 0 aliphatic carbocycles. The van der Waals surface area contributed by atoms with E-state index in [4.69, 9.17) is 0 Å². The van der Waals surface area contributed by atoms with Gasteiger partial charge < -0.3 is 14.8 Å². The number of amides is 1. The summed E-state index contributed by atoms with van der Waals surface area (Å²) < 4.78 is 44.7. The molecule has 4 aromatic rings. The number of carbonyl (C=O) groups excluding carboxylic acids is 1. The molecule has 0 unspecified atom stereocenters. The van der Waals surface area contributed by atoms with Gasteiger partial charge in [-0.2, -0.15) is 0 Å². The SMILES string of the molecule is O=C(NCc1ccccc1)c1ccc(N2C[C@H]3C[C@@H](C2)c2cccc(=O)n2C3)c(NS(=O)(=O)c2ccc(F)cc2)c1. The van der Waals surface area contributed by atoms with E-state index in [2.05, 4.69) is 14.9 Å². The quantitative estimate of drug-likeness (QED) is 0.343. The number of rotatable bonds is 7. The minimum absolute atomic E-state index is 0.00994. The van der Waals surface area contributed by atoms with Crippen LogP contribution >= 0.6 is 0 Å². The molecule has 41 heavy (non-hydrogen) atoms. The summed E-state index contributed by atoms with van der Waals surface area (Å²) in [5, 5.41) is 2.89. The number of sulfonamides is 1. The Morgan fingerprint density at radius 3 is 2.46 bits per heavy atom. The molecule has 2 bridgehead atoms. The van der Waals surface area contributed by atoms with Crippen molar-refractivity contribution < 1.29 is 17.6 Å². The monoisotopic (exact) mass is 572 g/mol. The van der Waals surface area contributed by atoms with Crippen molar-refractivity contribution in [3.8, 4) is 0 Å². The van der Waals surface area contributed by atoms with E-state index in [9.17, 15) is 22.4 Å². The summed E-state index contributed by atoms with van der Waals surface area (Å²) in [4.78, 5) is 27.6. The number of carbonyl (C=O) groups is 1. The fourth-order valence-corrected chi connectivity index (χ4v) is 6.89. The van der Waals surface area contributed by atoms with Crippen molar-refractivity contribution >= 4 is 27.3 Å². The van der Waals surface area contributed by atoms with Crippen LogP contribution in [-0.4, -0.2) is 32.0 Å². The molecule has 1 amide bonds. The summed E-state index contributed by atoms with van der Waals surface area (Å²) in [6.07, 6.45) is 0.941. The molecule has 3 aromatic carbocycles. The molecule has 0 radical (unpaired) electrons. The third-order valence-corrected chi connectivity index (χ3v) is 9.12. The molecule has 8 nitrogen and oxygen atoms in total. The lowest BCUT2D eigenvalue weighted by Gasteiger charge is -2.44. The summed E-state index contributed by atoms with van der Waals surface area (Å²) in [6.45, 7) is 2.14. The van der Waals surface area contributed by atoms with Gasteiger partial charge in [-0.05, 0) is 66.4 Å². The lowest BCUT2D eigenvalue weighted by molar-refractivity contribution is 0.0951. The van der Waals surface area contributed by atoms with Gasteiger partial charge in [0.05, 0.1) is 16.3 Å². The Labute approximate surface area is 237 Å². The van der Waals surface area contributed by atoms with E-state index >= 15 is 0 Å². The molecule has 210 valence electrons. The first-order chi connectivity index (χ1) is 19.8. The Morgan fingerprint density at radius 1 is 0.902 bits per heavy atom. The van der Waals surface area contributed by atoms with E-state index in [0.29, 0.717) is 37.4 Å². The number of fused-ring (bicyclic) bond motifs is 4. The van der Waals surface area contributed by atoms with Gasteiger partial charge in [-0.3, -0.25) is 14.3 Å². The van der Waals surface area contributed by atoms with E-state index in [1.165, 1.54) is 12.1 Å². The summed E-state index contributed by atoms with van der Waals surface area (Å²) in [6, 6.07) is 24.4. The van der Waals surface area contributed by atoms with Crippen LogP contribution in [0, 0.1) is 11.7 Å². The summed E-state index contributed by atoms with van der Waals surface area (Å²) in [7, 11) is -4.08. The smallest absolute Gasteiger partial charge is 0.261 e. The average molecular weight is 573 g/mol. The van der Waals surface area contributed by atoms with Gasteiger partial charge in [-0.25, -0.2) is 12.8 Å². The minimum atomic E-state index is -4.08. The molecule has 1 fully saturated rings. The number of nitrogens with one attached hydrogen (secondary N) is 2. The van der Waals surface area contributed by atoms with Gasteiger partial charge in [-0.1, -0.05) is 36.4 Å². The number of aromatic nitrogens is 1. The highest BCUT2D eigenvalue weighted by atomic mass is 32.2. The first kappa shape index (κ1) is 26.8.